The number of aromatic nitrogens is 2. The summed E-state index contributed by atoms with van der Waals surface area (Å²) in [6.07, 6.45) is 0. The van der Waals surface area contributed by atoms with Crippen molar-refractivity contribution in [2.75, 3.05) is 26.2 Å². The van der Waals surface area contributed by atoms with Crippen molar-refractivity contribution in [2.24, 2.45) is 0 Å². The third-order valence-corrected chi connectivity index (χ3v) is 4.44. The lowest BCUT2D eigenvalue weighted by atomic mass is 10.1. The highest BCUT2D eigenvalue weighted by Gasteiger charge is 2.23. The van der Waals surface area contributed by atoms with Crippen LogP contribution in [0.2, 0.25) is 0 Å². The minimum Gasteiger partial charge on any atom is -0.334 e. The predicted molar refractivity (Wildman–Crippen MR) is 85.0 cm³/mol. The van der Waals surface area contributed by atoms with Gasteiger partial charge in [-0.15, -0.1) is 0 Å². The molecule has 21 heavy (non-hydrogen) atoms. The Kier molecular flexibility index (Phi) is 4.37. The van der Waals surface area contributed by atoms with E-state index < -0.39 is 0 Å². The molecule has 1 N–H and O–H groups in total. The number of rotatable bonds is 3. The summed E-state index contributed by atoms with van der Waals surface area (Å²) in [7, 11) is 0. The molecule has 0 aliphatic carbocycles. The van der Waals surface area contributed by atoms with E-state index in [-0.39, 0.29) is 6.04 Å². The van der Waals surface area contributed by atoms with Gasteiger partial charge in [0, 0.05) is 36.2 Å². The van der Waals surface area contributed by atoms with Gasteiger partial charge in [0.2, 0.25) is 0 Å². The topological polar surface area (TPSA) is 54.2 Å². The molecule has 0 amide bonds. The van der Waals surface area contributed by atoms with E-state index in [0.29, 0.717) is 5.89 Å². The van der Waals surface area contributed by atoms with E-state index in [2.05, 4.69) is 43.2 Å². The Bertz CT molecular complexity index is 622. The average Bonchev–Trinajstić information content (AvgIpc) is 2.99. The molecule has 1 unspecified atom stereocenters. The molecule has 0 spiro atoms. The lowest BCUT2D eigenvalue weighted by Crippen LogP contribution is -2.44. The molecule has 1 aromatic heterocycles. The van der Waals surface area contributed by atoms with E-state index in [0.717, 1.165) is 47.6 Å². The van der Waals surface area contributed by atoms with Crippen LogP contribution in [0.1, 0.15) is 24.4 Å². The van der Waals surface area contributed by atoms with Crippen molar-refractivity contribution in [2.45, 2.75) is 19.9 Å². The van der Waals surface area contributed by atoms with Crippen molar-refractivity contribution in [1.82, 2.24) is 20.4 Å². The molecule has 3 rings (SSSR count). The Balaban J connectivity index is 1.84. The molecular weight excluding hydrogens is 332 g/mol. The number of nitrogens with one attached hydrogen (secondary N) is 1. The van der Waals surface area contributed by atoms with Crippen LogP contribution in [0, 0.1) is 6.92 Å². The van der Waals surface area contributed by atoms with Gasteiger partial charge < -0.3 is 9.84 Å². The quantitative estimate of drug-likeness (QED) is 0.922. The van der Waals surface area contributed by atoms with Crippen LogP contribution < -0.4 is 5.32 Å². The summed E-state index contributed by atoms with van der Waals surface area (Å²) in [6, 6.07) is 6.25. The first-order valence-corrected chi connectivity index (χ1v) is 7.99. The normalized spacial score (nSPS) is 17.9. The molecule has 6 heteroatoms. The second-order valence-electron chi connectivity index (χ2n) is 5.38. The minimum absolute atomic E-state index is 0.178. The fourth-order valence-electron chi connectivity index (χ4n) is 2.57. The predicted octanol–water partition coefficient (Wildman–Crippen LogP) is 2.77. The molecule has 1 aliphatic heterocycles. The molecule has 112 valence electrons. The average molecular weight is 351 g/mol. The molecule has 2 heterocycles. The van der Waals surface area contributed by atoms with Crippen LogP contribution in [-0.2, 0) is 0 Å². The smallest absolute Gasteiger partial charge is 0.258 e. The van der Waals surface area contributed by atoms with Crippen LogP contribution in [0.5, 0.6) is 0 Å². The first-order chi connectivity index (χ1) is 10.1. The van der Waals surface area contributed by atoms with Gasteiger partial charge in [0.1, 0.15) is 0 Å². The largest absolute Gasteiger partial charge is 0.334 e. The number of halogens is 1. The fraction of sp³-hybridized carbons (Fsp3) is 0.467. The molecule has 1 fully saturated rings. The van der Waals surface area contributed by atoms with Gasteiger partial charge in [-0.2, -0.15) is 4.98 Å². The van der Waals surface area contributed by atoms with E-state index >= 15 is 0 Å². The number of hydrogen-bond acceptors (Lipinski definition) is 5. The number of aryl methyl sites for hydroxylation is 1. The van der Waals surface area contributed by atoms with Crippen molar-refractivity contribution in [3.63, 3.8) is 0 Å². The third kappa shape index (κ3) is 3.17. The minimum atomic E-state index is 0.178. The third-order valence-electron chi connectivity index (χ3n) is 3.94. The highest BCUT2D eigenvalue weighted by atomic mass is 79.9. The molecule has 1 aromatic carbocycles. The van der Waals surface area contributed by atoms with Gasteiger partial charge in [0.25, 0.3) is 5.89 Å². The van der Waals surface area contributed by atoms with E-state index in [1.54, 1.807) is 0 Å². The summed E-state index contributed by atoms with van der Waals surface area (Å²) >= 11 is 3.49. The highest BCUT2D eigenvalue weighted by Crippen LogP contribution is 2.27. The Hall–Kier alpha value is -1.24. The van der Waals surface area contributed by atoms with Gasteiger partial charge in [-0.1, -0.05) is 27.2 Å². The summed E-state index contributed by atoms with van der Waals surface area (Å²) in [6.45, 7) is 8.24. The van der Waals surface area contributed by atoms with Crippen molar-refractivity contribution in [3.05, 3.63) is 34.1 Å². The molecule has 5 nitrogen and oxygen atoms in total. The Morgan fingerprint density at radius 2 is 2.10 bits per heavy atom. The van der Waals surface area contributed by atoms with Crippen LogP contribution in [0.25, 0.3) is 11.5 Å². The zero-order chi connectivity index (χ0) is 14.8. The summed E-state index contributed by atoms with van der Waals surface area (Å²) in [5.74, 6) is 1.34. The fourth-order valence-corrected chi connectivity index (χ4v) is 2.93. The monoisotopic (exact) mass is 350 g/mol. The van der Waals surface area contributed by atoms with Gasteiger partial charge in [-0.25, -0.2) is 0 Å². The van der Waals surface area contributed by atoms with E-state index in [9.17, 15) is 0 Å². The van der Waals surface area contributed by atoms with Gasteiger partial charge in [0.15, 0.2) is 5.82 Å². The van der Waals surface area contributed by atoms with Crippen LogP contribution in [-0.4, -0.2) is 41.2 Å². The molecule has 0 bridgehead atoms. The maximum atomic E-state index is 5.47. The van der Waals surface area contributed by atoms with Crippen molar-refractivity contribution < 1.29 is 4.52 Å². The number of benzene rings is 1. The summed E-state index contributed by atoms with van der Waals surface area (Å²) in [5, 5.41) is 7.53. The molecule has 1 atom stereocenters. The molecule has 0 saturated carbocycles. The zero-order valence-electron chi connectivity index (χ0n) is 12.3. The first kappa shape index (κ1) is 14.7. The van der Waals surface area contributed by atoms with Crippen LogP contribution in [0.15, 0.2) is 27.2 Å². The maximum absolute atomic E-state index is 5.47. The molecule has 2 aromatic rings. The van der Waals surface area contributed by atoms with E-state index in [1.165, 1.54) is 0 Å². The Labute approximate surface area is 132 Å². The van der Waals surface area contributed by atoms with Gasteiger partial charge >= 0.3 is 0 Å². The molecule has 1 saturated heterocycles. The first-order valence-electron chi connectivity index (χ1n) is 7.20. The maximum Gasteiger partial charge on any atom is 0.258 e. The molecule has 1 aliphatic rings. The van der Waals surface area contributed by atoms with Crippen molar-refractivity contribution >= 4 is 15.9 Å². The summed E-state index contributed by atoms with van der Waals surface area (Å²) in [5.41, 5.74) is 2.11. The SMILES string of the molecule is Cc1ccc(Br)cc1-c1nc(C(C)N2CCNCC2)no1. The van der Waals surface area contributed by atoms with Gasteiger partial charge in [0.05, 0.1) is 6.04 Å². The number of hydrogen-bond donors (Lipinski definition) is 1. The standard InChI is InChI=1S/C15H19BrN4O/c1-10-3-4-12(16)9-13(10)15-18-14(19-21-15)11(2)20-7-5-17-6-8-20/h3-4,9,11,17H,5-8H2,1-2H3. The zero-order valence-corrected chi connectivity index (χ0v) is 13.9. The summed E-state index contributed by atoms with van der Waals surface area (Å²) in [4.78, 5) is 6.97. The van der Waals surface area contributed by atoms with Crippen molar-refractivity contribution in [3.8, 4) is 11.5 Å². The number of nitrogens with zero attached hydrogens (tertiary/aromatic N) is 3. The van der Waals surface area contributed by atoms with E-state index in [4.69, 9.17) is 4.52 Å². The second-order valence-corrected chi connectivity index (χ2v) is 6.29. The molecule has 0 radical (unpaired) electrons. The van der Waals surface area contributed by atoms with Gasteiger partial charge in [-0.3, -0.25) is 4.90 Å². The lowest BCUT2D eigenvalue weighted by Gasteiger charge is -2.30. The van der Waals surface area contributed by atoms with Crippen LogP contribution in [0.4, 0.5) is 0 Å². The van der Waals surface area contributed by atoms with Crippen LogP contribution >= 0.6 is 15.9 Å². The summed E-state index contributed by atoms with van der Waals surface area (Å²) < 4.78 is 6.49. The highest BCUT2D eigenvalue weighted by molar-refractivity contribution is 9.10. The van der Waals surface area contributed by atoms with Crippen LogP contribution in [0.3, 0.4) is 0 Å². The Morgan fingerprint density at radius 1 is 1.33 bits per heavy atom. The Morgan fingerprint density at radius 3 is 2.86 bits per heavy atom. The number of piperazine rings is 1. The second kappa shape index (κ2) is 6.25. The van der Waals surface area contributed by atoms with Gasteiger partial charge in [-0.05, 0) is 31.5 Å². The van der Waals surface area contributed by atoms with E-state index in [1.807, 2.05) is 25.1 Å². The lowest BCUT2D eigenvalue weighted by molar-refractivity contribution is 0.176. The van der Waals surface area contributed by atoms with Crippen molar-refractivity contribution in [1.29, 1.82) is 0 Å². The molecular formula is C15H19BrN4O.